The van der Waals surface area contributed by atoms with Crippen LogP contribution in [0.3, 0.4) is 0 Å². The number of thiazole rings is 1. The quantitative estimate of drug-likeness (QED) is 0.770. The molecule has 2 rings (SSSR count). The fraction of sp³-hybridized carbons (Fsp3) is 0.583. The third kappa shape index (κ3) is 3.03. The van der Waals surface area contributed by atoms with E-state index in [0.29, 0.717) is 5.15 Å². The summed E-state index contributed by atoms with van der Waals surface area (Å²) in [6, 6.07) is 0. The predicted molar refractivity (Wildman–Crippen MR) is 75.5 cm³/mol. The van der Waals surface area contributed by atoms with Crippen LogP contribution in [-0.2, 0) is 6.54 Å². The van der Waals surface area contributed by atoms with Crippen molar-refractivity contribution in [3.05, 3.63) is 21.9 Å². The second-order valence-corrected chi connectivity index (χ2v) is 5.50. The molecule has 2 heterocycles. The van der Waals surface area contributed by atoms with Crippen molar-refractivity contribution in [2.24, 2.45) is 0 Å². The van der Waals surface area contributed by atoms with Gasteiger partial charge in [0.15, 0.2) is 10.1 Å². The Hall–Kier alpha value is -0.620. The molecule has 0 aliphatic carbocycles. The summed E-state index contributed by atoms with van der Waals surface area (Å²) in [5, 5.41) is 14.7. The van der Waals surface area contributed by atoms with Crippen molar-refractivity contribution >= 4 is 27.9 Å². The molecule has 0 radical (unpaired) electrons. The summed E-state index contributed by atoms with van der Waals surface area (Å²) in [5.74, 6) is 0. The minimum atomic E-state index is 0.281. The largest absolute Gasteiger partial charge is 0.396 e. The van der Waals surface area contributed by atoms with Crippen LogP contribution < -0.4 is 5.32 Å². The van der Waals surface area contributed by atoms with Crippen molar-refractivity contribution < 1.29 is 5.11 Å². The van der Waals surface area contributed by atoms with Crippen LogP contribution >= 0.6 is 22.9 Å². The topological polar surface area (TPSA) is 49.6 Å². The van der Waals surface area contributed by atoms with E-state index < -0.39 is 0 Å². The van der Waals surface area contributed by atoms with Gasteiger partial charge in [-0.3, -0.25) is 4.40 Å². The van der Waals surface area contributed by atoms with Crippen molar-refractivity contribution in [1.82, 2.24) is 14.7 Å². The van der Waals surface area contributed by atoms with Gasteiger partial charge in [0, 0.05) is 24.2 Å². The van der Waals surface area contributed by atoms with Crippen LogP contribution in [-0.4, -0.2) is 27.6 Å². The summed E-state index contributed by atoms with van der Waals surface area (Å²) in [4.78, 5) is 5.29. The van der Waals surface area contributed by atoms with E-state index in [9.17, 15) is 0 Å². The van der Waals surface area contributed by atoms with Crippen LogP contribution in [0.5, 0.6) is 0 Å². The summed E-state index contributed by atoms with van der Waals surface area (Å²) >= 11 is 7.76. The van der Waals surface area contributed by atoms with Crippen LogP contribution in [0.1, 0.15) is 30.7 Å². The minimum Gasteiger partial charge on any atom is -0.396 e. The SMILES string of the molecule is Cc1csc2nc(Cl)c(CNCCCCCO)n12. The summed E-state index contributed by atoms with van der Waals surface area (Å²) < 4.78 is 2.10. The molecule has 4 nitrogen and oxygen atoms in total. The molecule has 100 valence electrons. The Morgan fingerprint density at radius 3 is 3.06 bits per heavy atom. The lowest BCUT2D eigenvalue weighted by atomic mass is 10.2. The second kappa shape index (κ2) is 6.52. The first kappa shape index (κ1) is 13.8. The maximum Gasteiger partial charge on any atom is 0.195 e. The first-order chi connectivity index (χ1) is 8.74. The number of unbranched alkanes of at least 4 members (excludes halogenated alkanes) is 2. The van der Waals surface area contributed by atoms with Gasteiger partial charge in [0.2, 0.25) is 0 Å². The Balaban J connectivity index is 1.91. The maximum absolute atomic E-state index is 8.69. The third-order valence-electron chi connectivity index (χ3n) is 2.88. The molecule has 2 aromatic rings. The van der Waals surface area contributed by atoms with Crippen LogP contribution in [0, 0.1) is 6.92 Å². The van der Waals surface area contributed by atoms with E-state index in [0.717, 1.165) is 43.0 Å². The van der Waals surface area contributed by atoms with Gasteiger partial charge < -0.3 is 10.4 Å². The van der Waals surface area contributed by atoms with E-state index in [1.807, 2.05) is 0 Å². The number of fused-ring (bicyclic) bond motifs is 1. The Kier molecular flexibility index (Phi) is 5.00. The number of aliphatic hydroxyl groups excluding tert-OH is 1. The zero-order valence-corrected chi connectivity index (χ0v) is 12.0. The van der Waals surface area contributed by atoms with Gasteiger partial charge >= 0.3 is 0 Å². The lowest BCUT2D eigenvalue weighted by Crippen LogP contribution is -2.16. The molecule has 0 bridgehead atoms. The Morgan fingerprint density at radius 2 is 2.28 bits per heavy atom. The number of nitrogens with zero attached hydrogens (tertiary/aromatic N) is 2. The number of aliphatic hydroxyl groups is 1. The van der Waals surface area contributed by atoms with Crippen molar-refractivity contribution in [3.8, 4) is 0 Å². The molecule has 2 N–H and O–H groups in total. The van der Waals surface area contributed by atoms with Crippen molar-refractivity contribution in [3.63, 3.8) is 0 Å². The Labute approximate surface area is 116 Å². The third-order valence-corrected chi connectivity index (χ3v) is 4.13. The van der Waals surface area contributed by atoms with E-state index in [-0.39, 0.29) is 6.61 Å². The molecule has 0 unspecified atom stereocenters. The summed E-state index contributed by atoms with van der Waals surface area (Å²) in [5.41, 5.74) is 2.21. The monoisotopic (exact) mass is 287 g/mol. The molecule has 0 saturated carbocycles. The molecule has 0 amide bonds. The predicted octanol–water partition coefficient (Wildman–Crippen LogP) is 2.61. The number of imidazole rings is 1. The van der Waals surface area contributed by atoms with Crippen LogP contribution in [0.2, 0.25) is 5.15 Å². The van der Waals surface area contributed by atoms with Gasteiger partial charge in [-0.1, -0.05) is 11.6 Å². The fourth-order valence-corrected chi connectivity index (χ4v) is 3.10. The van der Waals surface area contributed by atoms with Crippen molar-refractivity contribution in [1.29, 1.82) is 0 Å². The minimum absolute atomic E-state index is 0.281. The smallest absolute Gasteiger partial charge is 0.195 e. The van der Waals surface area contributed by atoms with E-state index >= 15 is 0 Å². The molecule has 0 atom stereocenters. The Bertz CT molecular complexity index is 509. The van der Waals surface area contributed by atoms with E-state index in [1.54, 1.807) is 11.3 Å². The average Bonchev–Trinajstić information content (AvgIpc) is 2.85. The summed E-state index contributed by atoms with van der Waals surface area (Å²) in [6.45, 7) is 4.01. The van der Waals surface area contributed by atoms with Gasteiger partial charge in [0.05, 0.1) is 5.69 Å². The van der Waals surface area contributed by atoms with Crippen molar-refractivity contribution in [2.75, 3.05) is 13.2 Å². The molecule has 0 aliphatic heterocycles. The number of halogens is 1. The van der Waals surface area contributed by atoms with E-state index in [1.165, 1.54) is 5.69 Å². The molecule has 0 saturated heterocycles. The maximum atomic E-state index is 8.69. The number of hydrogen-bond donors (Lipinski definition) is 2. The summed E-state index contributed by atoms with van der Waals surface area (Å²) in [6.07, 6.45) is 3.00. The van der Waals surface area contributed by atoms with Gasteiger partial charge in [-0.25, -0.2) is 4.98 Å². The van der Waals surface area contributed by atoms with Gasteiger partial charge in [-0.2, -0.15) is 0 Å². The number of hydrogen-bond acceptors (Lipinski definition) is 4. The second-order valence-electron chi connectivity index (χ2n) is 4.31. The molecular weight excluding hydrogens is 270 g/mol. The molecular formula is C12H18ClN3OS. The standard InChI is InChI=1S/C12H18ClN3OS/c1-9-8-18-12-15-11(13)10(16(9)12)7-14-5-3-2-4-6-17/h8,14,17H,2-7H2,1H3. The van der Waals surface area contributed by atoms with Crippen LogP contribution in [0.15, 0.2) is 5.38 Å². The molecule has 6 heteroatoms. The van der Waals surface area contributed by atoms with Crippen molar-refractivity contribution in [2.45, 2.75) is 32.7 Å². The number of rotatable bonds is 7. The van der Waals surface area contributed by atoms with E-state index in [4.69, 9.17) is 16.7 Å². The highest BCUT2D eigenvalue weighted by atomic mass is 35.5. The number of aryl methyl sites for hydroxylation is 1. The lowest BCUT2D eigenvalue weighted by Gasteiger charge is -2.05. The molecule has 0 aliphatic rings. The summed E-state index contributed by atoms with van der Waals surface area (Å²) in [7, 11) is 0. The van der Waals surface area contributed by atoms with Gasteiger partial charge in [-0.15, -0.1) is 11.3 Å². The molecule has 2 aromatic heterocycles. The zero-order chi connectivity index (χ0) is 13.0. The first-order valence-electron chi connectivity index (χ1n) is 6.16. The highest BCUT2D eigenvalue weighted by Crippen LogP contribution is 2.23. The highest BCUT2D eigenvalue weighted by molar-refractivity contribution is 7.15. The van der Waals surface area contributed by atoms with Gasteiger partial charge in [0.1, 0.15) is 0 Å². The normalized spacial score (nSPS) is 11.5. The number of nitrogens with one attached hydrogen (secondary N) is 1. The zero-order valence-electron chi connectivity index (χ0n) is 10.4. The van der Waals surface area contributed by atoms with Gasteiger partial charge in [0.25, 0.3) is 0 Å². The van der Waals surface area contributed by atoms with Crippen LogP contribution in [0.4, 0.5) is 0 Å². The lowest BCUT2D eigenvalue weighted by molar-refractivity contribution is 0.283. The molecule has 0 fully saturated rings. The number of aromatic nitrogens is 2. The Morgan fingerprint density at radius 1 is 1.44 bits per heavy atom. The molecule has 0 aromatic carbocycles. The average molecular weight is 288 g/mol. The molecule has 0 spiro atoms. The van der Waals surface area contributed by atoms with Gasteiger partial charge in [-0.05, 0) is 32.7 Å². The highest BCUT2D eigenvalue weighted by Gasteiger charge is 2.12. The van der Waals surface area contributed by atoms with E-state index in [2.05, 4.69) is 27.0 Å². The fourth-order valence-electron chi connectivity index (χ4n) is 1.94. The molecule has 18 heavy (non-hydrogen) atoms. The van der Waals surface area contributed by atoms with Crippen LogP contribution in [0.25, 0.3) is 4.96 Å². The first-order valence-corrected chi connectivity index (χ1v) is 7.42.